The van der Waals surface area contributed by atoms with Gasteiger partial charge >= 0.3 is 0 Å². The lowest BCUT2D eigenvalue weighted by molar-refractivity contribution is 0.0733. The quantitative estimate of drug-likeness (QED) is 0.795. The molecule has 108 valence electrons. The highest BCUT2D eigenvalue weighted by Crippen LogP contribution is 2.25. The van der Waals surface area contributed by atoms with E-state index in [4.69, 9.17) is 34.8 Å². The van der Waals surface area contributed by atoms with E-state index in [9.17, 15) is 4.79 Å². The summed E-state index contributed by atoms with van der Waals surface area (Å²) in [5.74, 6) is -0.0906. The van der Waals surface area contributed by atoms with Crippen molar-refractivity contribution in [1.29, 1.82) is 0 Å². The van der Waals surface area contributed by atoms with E-state index in [2.05, 4.69) is 10.2 Å². The Labute approximate surface area is 136 Å². The Hall–Kier alpha value is -1.36. The summed E-state index contributed by atoms with van der Waals surface area (Å²) in [5, 5.41) is 9.00. The number of hydrogen-bond acceptors (Lipinski definition) is 3. The van der Waals surface area contributed by atoms with Crippen molar-refractivity contribution in [1.82, 2.24) is 15.1 Å². The average Bonchev–Trinajstić information content (AvgIpc) is 2.48. The van der Waals surface area contributed by atoms with Crippen LogP contribution in [-0.4, -0.2) is 27.5 Å². The molecule has 0 radical (unpaired) electrons. The number of rotatable bonds is 1. The lowest BCUT2D eigenvalue weighted by atomic mass is 10.1. The molecule has 3 rings (SSSR count). The lowest BCUT2D eigenvalue weighted by Crippen LogP contribution is -2.36. The van der Waals surface area contributed by atoms with E-state index in [0.717, 1.165) is 11.3 Å². The van der Waals surface area contributed by atoms with Crippen molar-refractivity contribution in [3.8, 4) is 0 Å². The van der Waals surface area contributed by atoms with Crippen LogP contribution in [0.4, 0.5) is 0 Å². The minimum absolute atomic E-state index is 0.0906. The molecule has 0 aliphatic carbocycles. The van der Waals surface area contributed by atoms with Crippen LogP contribution in [0.25, 0.3) is 0 Å². The maximum absolute atomic E-state index is 12.5. The van der Waals surface area contributed by atoms with Crippen LogP contribution in [0, 0.1) is 0 Å². The van der Waals surface area contributed by atoms with E-state index in [-0.39, 0.29) is 5.91 Å². The molecule has 1 aromatic heterocycles. The maximum Gasteiger partial charge on any atom is 0.254 e. The predicted molar refractivity (Wildman–Crippen MR) is 81.9 cm³/mol. The molecule has 7 heteroatoms. The van der Waals surface area contributed by atoms with Crippen LogP contribution in [0.2, 0.25) is 15.2 Å². The van der Waals surface area contributed by atoms with E-state index in [0.29, 0.717) is 40.3 Å². The van der Waals surface area contributed by atoms with E-state index in [1.807, 2.05) is 0 Å². The summed E-state index contributed by atoms with van der Waals surface area (Å²) in [7, 11) is 0. The Morgan fingerprint density at radius 3 is 2.67 bits per heavy atom. The highest BCUT2D eigenvalue weighted by atomic mass is 35.5. The van der Waals surface area contributed by atoms with E-state index in [1.165, 1.54) is 0 Å². The van der Waals surface area contributed by atoms with Crippen molar-refractivity contribution in [2.45, 2.75) is 13.0 Å². The summed E-state index contributed by atoms with van der Waals surface area (Å²) < 4.78 is 0. The topological polar surface area (TPSA) is 46.1 Å². The molecule has 21 heavy (non-hydrogen) atoms. The van der Waals surface area contributed by atoms with Crippen LogP contribution < -0.4 is 0 Å². The van der Waals surface area contributed by atoms with E-state index >= 15 is 0 Å². The van der Waals surface area contributed by atoms with Crippen LogP contribution in [0.5, 0.6) is 0 Å². The molecule has 1 aromatic carbocycles. The van der Waals surface area contributed by atoms with E-state index in [1.54, 1.807) is 29.2 Å². The Bertz CT molecular complexity index is 721. The molecule has 4 nitrogen and oxygen atoms in total. The molecule has 0 atom stereocenters. The Balaban J connectivity index is 1.85. The van der Waals surface area contributed by atoms with Crippen LogP contribution in [0.3, 0.4) is 0 Å². The first-order valence-corrected chi connectivity index (χ1v) is 7.43. The van der Waals surface area contributed by atoms with Crippen molar-refractivity contribution in [3.63, 3.8) is 0 Å². The molecule has 1 aliphatic rings. The van der Waals surface area contributed by atoms with Crippen LogP contribution in [0.1, 0.15) is 21.6 Å². The molecule has 2 heterocycles. The predicted octanol–water partition coefficient (Wildman–Crippen LogP) is 3.64. The van der Waals surface area contributed by atoms with Gasteiger partial charge in [-0.05, 0) is 29.8 Å². The van der Waals surface area contributed by atoms with Gasteiger partial charge in [0, 0.05) is 25.1 Å². The second-order valence-corrected chi connectivity index (χ2v) is 5.95. The number of nitrogens with zero attached hydrogens (tertiary/aromatic N) is 3. The molecule has 0 unspecified atom stereocenters. The number of aromatic nitrogens is 2. The molecule has 1 aliphatic heterocycles. The van der Waals surface area contributed by atoms with Crippen molar-refractivity contribution >= 4 is 40.7 Å². The largest absolute Gasteiger partial charge is 0.334 e. The fourth-order valence-corrected chi connectivity index (χ4v) is 2.75. The normalized spacial score (nSPS) is 14.0. The number of fused-ring (bicyclic) bond motifs is 1. The summed E-state index contributed by atoms with van der Waals surface area (Å²) >= 11 is 17.7. The van der Waals surface area contributed by atoms with Gasteiger partial charge in [-0.25, -0.2) is 0 Å². The first-order valence-electron chi connectivity index (χ1n) is 6.30. The third-order valence-corrected chi connectivity index (χ3v) is 4.29. The highest BCUT2D eigenvalue weighted by Gasteiger charge is 2.23. The Kier molecular flexibility index (Phi) is 4.02. The number of carbonyl (C=O) groups is 1. The maximum atomic E-state index is 12.5. The molecule has 0 bridgehead atoms. The van der Waals surface area contributed by atoms with Crippen LogP contribution in [-0.2, 0) is 13.0 Å². The zero-order chi connectivity index (χ0) is 15.0. The number of halogens is 3. The third kappa shape index (κ3) is 2.98. The van der Waals surface area contributed by atoms with Gasteiger partial charge in [0.15, 0.2) is 5.15 Å². The number of benzene rings is 1. The minimum Gasteiger partial charge on any atom is -0.334 e. The molecule has 0 fully saturated rings. The standard InChI is InChI=1S/C14H10Cl3N3O/c15-10-2-1-8(5-11(10)16)14(21)20-4-3-12-9(7-20)6-13(17)19-18-12/h1-2,5-6H,3-4,7H2. The number of amides is 1. The molecule has 0 N–H and O–H groups in total. The van der Waals surface area contributed by atoms with Crippen molar-refractivity contribution in [2.75, 3.05) is 6.54 Å². The fraction of sp³-hybridized carbons (Fsp3) is 0.214. The SMILES string of the molecule is O=C(c1ccc(Cl)c(Cl)c1)N1CCc2nnc(Cl)cc2C1. The lowest BCUT2D eigenvalue weighted by Gasteiger charge is -2.28. The first kappa shape index (κ1) is 14.6. The molecule has 1 amide bonds. The van der Waals surface area contributed by atoms with Crippen molar-refractivity contribution in [2.24, 2.45) is 0 Å². The van der Waals surface area contributed by atoms with Gasteiger partial charge in [0.2, 0.25) is 0 Å². The zero-order valence-corrected chi connectivity index (χ0v) is 13.1. The van der Waals surface area contributed by atoms with Gasteiger partial charge in [-0.15, -0.1) is 5.10 Å². The second-order valence-electron chi connectivity index (χ2n) is 4.74. The summed E-state index contributed by atoms with van der Waals surface area (Å²) in [5.41, 5.74) is 2.33. The summed E-state index contributed by atoms with van der Waals surface area (Å²) in [6, 6.07) is 6.62. The summed E-state index contributed by atoms with van der Waals surface area (Å²) in [4.78, 5) is 14.2. The van der Waals surface area contributed by atoms with Crippen LogP contribution >= 0.6 is 34.8 Å². The van der Waals surface area contributed by atoms with Gasteiger partial charge in [-0.2, -0.15) is 5.10 Å². The van der Waals surface area contributed by atoms with Gasteiger partial charge in [0.05, 0.1) is 15.7 Å². The fourth-order valence-electron chi connectivity index (χ4n) is 2.29. The number of carbonyl (C=O) groups excluding carboxylic acids is 1. The van der Waals surface area contributed by atoms with Crippen molar-refractivity contribution < 1.29 is 4.79 Å². The summed E-state index contributed by atoms with van der Waals surface area (Å²) in [6.45, 7) is 1.05. The van der Waals surface area contributed by atoms with Gasteiger partial charge in [0.25, 0.3) is 5.91 Å². The Morgan fingerprint density at radius 2 is 1.90 bits per heavy atom. The monoisotopic (exact) mass is 341 g/mol. The molecule has 0 saturated heterocycles. The van der Waals surface area contributed by atoms with Gasteiger partial charge in [0.1, 0.15) is 0 Å². The van der Waals surface area contributed by atoms with Gasteiger partial charge < -0.3 is 4.90 Å². The molecular formula is C14H10Cl3N3O. The zero-order valence-electron chi connectivity index (χ0n) is 10.8. The smallest absolute Gasteiger partial charge is 0.254 e. The molecule has 0 spiro atoms. The van der Waals surface area contributed by atoms with Gasteiger partial charge in [-0.1, -0.05) is 34.8 Å². The van der Waals surface area contributed by atoms with E-state index < -0.39 is 0 Å². The van der Waals surface area contributed by atoms with Gasteiger partial charge in [-0.3, -0.25) is 4.79 Å². The molecular weight excluding hydrogens is 333 g/mol. The first-order chi connectivity index (χ1) is 10.0. The van der Waals surface area contributed by atoms with Crippen LogP contribution in [0.15, 0.2) is 24.3 Å². The number of hydrogen-bond donors (Lipinski definition) is 0. The Morgan fingerprint density at radius 1 is 1.10 bits per heavy atom. The summed E-state index contributed by atoms with van der Waals surface area (Å²) in [6.07, 6.45) is 0.659. The van der Waals surface area contributed by atoms with Crippen molar-refractivity contribution in [3.05, 3.63) is 56.3 Å². The average molecular weight is 343 g/mol. The molecule has 2 aromatic rings. The second kappa shape index (κ2) is 5.79. The highest BCUT2D eigenvalue weighted by molar-refractivity contribution is 6.42. The minimum atomic E-state index is -0.0906. The molecule has 0 saturated carbocycles. The third-order valence-electron chi connectivity index (χ3n) is 3.36.